The van der Waals surface area contributed by atoms with Crippen LogP contribution in [0.1, 0.15) is 10.4 Å². The molecular weight excluding hydrogens is 330 g/mol. The van der Waals surface area contributed by atoms with Crippen LogP contribution in [0.3, 0.4) is 0 Å². The van der Waals surface area contributed by atoms with Crippen molar-refractivity contribution >= 4 is 34.4 Å². The van der Waals surface area contributed by atoms with Gasteiger partial charge in [-0.15, -0.1) is 13.2 Å². The number of hydrogen-bond donors (Lipinski definition) is 5. The number of nitrogens with two attached hydrogens (primary N) is 4. The highest BCUT2D eigenvalue weighted by molar-refractivity contribution is 5.90. The fourth-order valence-electron chi connectivity index (χ4n) is 2.24. The van der Waals surface area contributed by atoms with Crippen LogP contribution in [0.5, 0.6) is 0 Å². The van der Waals surface area contributed by atoms with Crippen LogP contribution < -0.4 is 27.8 Å². The molecule has 0 aliphatic heterocycles. The number of benzene rings is 2. The Bertz CT molecular complexity index is 759. The van der Waals surface area contributed by atoms with Gasteiger partial charge in [-0.25, -0.2) is 4.79 Å². The third-order valence-corrected chi connectivity index (χ3v) is 3.32. The van der Waals surface area contributed by atoms with Crippen molar-refractivity contribution in [3.63, 3.8) is 0 Å². The van der Waals surface area contributed by atoms with Gasteiger partial charge in [-0.1, -0.05) is 12.2 Å². The summed E-state index contributed by atoms with van der Waals surface area (Å²) in [5, 5.41) is 8.52. The molecule has 138 valence electrons. The van der Waals surface area contributed by atoms with Gasteiger partial charge < -0.3 is 32.9 Å². The molecule has 0 fully saturated rings. The molecule has 0 amide bonds. The van der Waals surface area contributed by atoms with E-state index in [1.807, 2.05) is 24.3 Å². The van der Waals surface area contributed by atoms with Gasteiger partial charge in [0.15, 0.2) is 0 Å². The van der Waals surface area contributed by atoms with Crippen LogP contribution in [0.2, 0.25) is 0 Å². The summed E-state index contributed by atoms with van der Waals surface area (Å²) in [6, 6.07) is 9.74. The topological polar surface area (TPSA) is 145 Å². The van der Waals surface area contributed by atoms with Crippen molar-refractivity contribution in [2.75, 3.05) is 40.9 Å². The molecule has 2 aromatic carbocycles. The minimum Gasteiger partial charge on any atom is -0.478 e. The molecule has 2 aromatic rings. The average molecular weight is 355 g/mol. The molecule has 0 saturated heterocycles. The molecule has 0 aliphatic carbocycles. The van der Waals surface area contributed by atoms with Gasteiger partial charge in [0, 0.05) is 30.2 Å². The normalized spacial score (nSPS) is 9.54. The van der Waals surface area contributed by atoms with Crippen LogP contribution in [0.4, 0.5) is 28.4 Å². The summed E-state index contributed by atoms with van der Waals surface area (Å²) in [6.45, 7) is 8.90. The molecule has 9 N–H and O–H groups in total. The van der Waals surface area contributed by atoms with Crippen LogP contribution in [0, 0.1) is 0 Å². The third-order valence-electron chi connectivity index (χ3n) is 3.32. The molecule has 7 heteroatoms. The maximum absolute atomic E-state index is 10.4. The zero-order valence-electron chi connectivity index (χ0n) is 14.6. The fourth-order valence-corrected chi connectivity index (χ4v) is 2.24. The summed E-state index contributed by atoms with van der Waals surface area (Å²) in [5.41, 5.74) is 25.4. The molecule has 0 bridgehead atoms. The Morgan fingerprint density at radius 1 is 0.923 bits per heavy atom. The van der Waals surface area contributed by atoms with Gasteiger partial charge in [0.1, 0.15) is 0 Å². The van der Waals surface area contributed by atoms with Gasteiger partial charge in [-0.2, -0.15) is 0 Å². The first-order chi connectivity index (χ1) is 12.3. The summed E-state index contributed by atoms with van der Waals surface area (Å²) in [4.78, 5) is 12.5. The highest BCUT2D eigenvalue weighted by Gasteiger charge is 2.06. The Labute approximate surface area is 153 Å². The third kappa shape index (κ3) is 6.12. The van der Waals surface area contributed by atoms with Gasteiger partial charge in [0.25, 0.3) is 0 Å². The largest absolute Gasteiger partial charge is 0.478 e. The van der Waals surface area contributed by atoms with Gasteiger partial charge in [-0.3, -0.25) is 0 Å². The lowest BCUT2D eigenvalue weighted by molar-refractivity contribution is 0.0697. The molecule has 0 unspecified atom stereocenters. The van der Waals surface area contributed by atoms with E-state index in [2.05, 4.69) is 18.1 Å². The number of aromatic carboxylic acids is 1. The molecule has 2 rings (SSSR count). The predicted molar refractivity (Wildman–Crippen MR) is 110 cm³/mol. The molecule has 0 radical (unpaired) electrons. The van der Waals surface area contributed by atoms with Crippen molar-refractivity contribution in [1.29, 1.82) is 0 Å². The quantitative estimate of drug-likeness (QED) is 0.395. The molecule has 0 saturated carbocycles. The van der Waals surface area contributed by atoms with Crippen molar-refractivity contribution < 1.29 is 9.90 Å². The number of nitrogen functional groups attached to an aromatic ring is 4. The van der Waals surface area contributed by atoms with Crippen molar-refractivity contribution in [2.45, 2.75) is 0 Å². The SMILES string of the molecule is C=CCN(CC=C)c1ccc(N)cc1N.Nc1cc(N)cc(C(=O)O)c1. The van der Waals surface area contributed by atoms with Crippen molar-refractivity contribution in [3.8, 4) is 0 Å². The summed E-state index contributed by atoms with van der Waals surface area (Å²) in [6.07, 6.45) is 3.67. The lowest BCUT2D eigenvalue weighted by Crippen LogP contribution is -2.24. The number of carboxylic acids is 1. The number of rotatable bonds is 6. The zero-order valence-corrected chi connectivity index (χ0v) is 14.6. The van der Waals surface area contributed by atoms with Crippen molar-refractivity contribution in [1.82, 2.24) is 0 Å². The predicted octanol–water partition coefficient (Wildman–Crippen LogP) is 2.58. The average Bonchev–Trinajstić information content (AvgIpc) is 2.54. The molecule has 0 aliphatic rings. The summed E-state index contributed by atoms with van der Waals surface area (Å²) in [7, 11) is 0. The number of carbonyl (C=O) groups is 1. The molecular formula is C19H25N5O2. The lowest BCUT2D eigenvalue weighted by atomic mass is 10.2. The van der Waals surface area contributed by atoms with Gasteiger partial charge in [-0.05, 0) is 36.4 Å². The van der Waals surface area contributed by atoms with E-state index in [0.29, 0.717) is 22.7 Å². The Balaban J connectivity index is 0.000000273. The number of nitrogens with zero attached hydrogens (tertiary/aromatic N) is 1. The second kappa shape index (κ2) is 9.63. The van der Waals surface area contributed by atoms with Gasteiger partial charge >= 0.3 is 5.97 Å². The maximum Gasteiger partial charge on any atom is 0.335 e. The summed E-state index contributed by atoms with van der Waals surface area (Å²) in [5.74, 6) is -1.02. The van der Waals surface area contributed by atoms with E-state index >= 15 is 0 Å². The Kier molecular flexibility index (Phi) is 7.57. The van der Waals surface area contributed by atoms with Crippen LogP contribution in [0.15, 0.2) is 61.7 Å². The first kappa shape index (κ1) is 20.4. The fraction of sp³-hybridized carbons (Fsp3) is 0.105. The molecule has 0 spiro atoms. The highest BCUT2D eigenvalue weighted by atomic mass is 16.4. The molecule has 0 atom stereocenters. The van der Waals surface area contributed by atoms with E-state index in [-0.39, 0.29) is 5.56 Å². The number of carboxylic acid groups (broad SMARTS) is 1. The van der Waals surface area contributed by atoms with E-state index in [9.17, 15) is 4.79 Å². The van der Waals surface area contributed by atoms with Gasteiger partial charge in [0.2, 0.25) is 0 Å². The molecule has 7 nitrogen and oxygen atoms in total. The first-order valence-electron chi connectivity index (χ1n) is 7.79. The monoisotopic (exact) mass is 355 g/mol. The van der Waals surface area contributed by atoms with E-state index in [0.717, 1.165) is 18.8 Å². The molecule has 0 heterocycles. The minimum absolute atomic E-state index is 0.113. The van der Waals surface area contributed by atoms with Crippen LogP contribution in [-0.2, 0) is 0 Å². The number of anilines is 5. The van der Waals surface area contributed by atoms with Gasteiger partial charge in [0.05, 0.1) is 16.9 Å². The van der Waals surface area contributed by atoms with Crippen LogP contribution in [0.25, 0.3) is 0 Å². The van der Waals surface area contributed by atoms with E-state index in [1.54, 1.807) is 6.07 Å². The second-order valence-electron chi connectivity index (χ2n) is 5.49. The Morgan fingerprint density at radius 3 is 1.88 bits per heavy atom. The summed E-state index contributed by atoms with van der Waals surface area (Å²) >= 11 is 0. The van der Waals surface area contributed by atoms with Crippen LogP contribution in [-0.4, -0.2) is 24.2 Å². The number of hydrogen-bond acceptors (Lipinski definition) is 6. The molecule has 0 aromatic heterocycles. The summed E-state index contributed by atoms with van der Waals surface area (Å²) < 4.78 is 0. The van der Waals surface area contributed by atoms with Crippen molar-refractivity contribution in [3.05, 3.63) is 67.3 Å². The maximum atomic E-state index is 10.4. The standard InChI is InChI=1S/C12H17N3.C7H8N2O2/c1-3-7-15(8-4-2)12-6-5-10(13)9-11(12)14;8-5-1-4(7(10)11)2-6(9)3-5/h3-6,9H,1-2,7-8,13-14H2;1-3H,8-9H2,(H,10,11). The highest BCUT2D eigenvalue weighted by Crippen LogP contribution is 2.25. The van der Waals surface area contributed by atoms with E-state index in [4.69, 9.17) is 28.0 Å². The smallest absolute Gasteiger partial charge is 0.335 e. The Morgan fingerprint density at radius 2 is 1.46 bits per heavy atom. The zero-order chi connectivity index (χ0) is 19.7. The van der Waals surface area contributed by atoms with Crippen molar-refractivity contribution in [2.24, 2.45) is 0 Å². The minimum atomic E-state index is -1.02. The Hall–Kier alpha value is -3.61. The van der Waals surface area contributed by atoms with Crippen LogP contribution >= 0.6 is 0 Å². The first-order valence-corrected chi connectivity index (χ1v) is 7.79. The second-order valence-corrected chi connectivity index (χ2v) is 5.49. The van der Waals surface area contributed by atoms with E-state index < -0.39 is 5.97 Å². The lowest BCUT2D eigenvalue weighted by Gasteiger charge is -2.23. The molecule has 26 heavy (non-hydrogen) atoms. The van der Waals surface area contributed by atoms with E-state index in [1.165, 1.54) is 18.2 Å².